The normalized spacial score (nSPS) is 13.3. The van der Waals surface area contributed by atoms with Crippen LogP contribution >= 0.6 is 0 Å². The maximum absolute atomic E-state index is 9.31. The smallest absolute Gasteiger partial charge is 0.122 e. The standard InChI is InChI=1S/C17H29NO2/c1-6-9-18-15(11-19)12-20-16-8-7-14(10-13(16)2)17(3,4)5/h7-8,10,15,18-19H,6,9,11-12H2,1-5H3. The lowest BCUT2D eigenvalue weighted by Gasteiger charge is -2.22. The molecule has 0 saturated carbocycles. The molecule has 1 unspecified atom stereocenters. The number of rotatable bonds is 7. The van der Waals surface area contributed by atoms with Crippen LogP contribution in [0.4, 0.5) is 0 Å². The fourth-order valence-corrected chi connectivity index (χ4v) is 1.99. The third-order valence-corrected chi connectivity index (χ3v) is 3.38. The maximum Gasteiger partial charge on any atom is 0.122 e. The zero-order chi connectivity index (χ0) is 15.2. The van der Waals surface area contributed by atoms with Crippen molar-refractivity contribution < 1.29 is 9.84 Å². The molecule has 1 atom stereocenters. The van der Waals surface area contributed by atoms with Gasteiger partial charge in [-0.05, 0) is 42.5 Å². The van der Waals surface area contributed by atoms with Crippen LogP contribution < -0.4 is 10.1 Å². The molecule has 0 aliphatic heterocycles. The van der Waals surface area contributed by atoms with Crippen molar-refractivity contribution in [2.45, 2.75) is 52.5 Å². The van der Waals surface area contributed by atoms with Gasteiger partial charge in [0.05, 0.1) is 12.6 Å². The van der Waals surface area contributed by atoms with E-state index in [4.69, 9.17) is 4.74 Å². The van der Waals surface area contributed by atoms with E-state index in [1.54, 1.807) is 0 Å². The molecule has 0 saturated heterocycles. The van der Waals surface area contributed by atoms with Crippen molar-refractivity contribution in [1.82, 2.24) is 5.32 Å². The number of aliphatic hydroxyl groups is 1. The SMILES string of the molecule is CCCNC(CO)COc1ccc(C(C)(C)C)cc1C. The Bertz CT molecular complexity index is 410. The summed E-state index contributed by atoms with van der Waals surface area (Å²) in [6, 6.07) is 6.33. The second-order valence-corrected chi connectivity index (χ2v) is 6.37. The van der Waals surface area contributed by atoms with E-state index < -0.39 is 0 Å². The molecule has 2 N–H and O–H groups in total. The second kappa shape index (κ2) is 7.65. The predicted molar refractivity (Wildman–Crippen MR) is 84.5 cm³/mol. The lowest BCUT2D eigenvalue weighted by atomic mass is 9.86. The van der Waals surface area contributed by atoms with Crippen molar-refractivity contribution in [2.24, 2.45) is 0 Å². The van der Waals surface area contributed by atoms with Crippen LogP contribution in [0, 0.1) is 6.92 Å². The molecular weight excluding hydrogens is 250 g/mol. The zero-order valence-corrected chi connectivity index (χ0v) is 13.5. The number of aryl methyl sites for hydroxylation is 1. The van der Waals surface area contributed by atoms with Crippen LogP contribution in [0.2, 0.25) is 0 Å². The molecule has 1 aromatic rings. The van der Waals surface area contributed by atoms with E-state index in [9.17, 15) is 5.11 Å². The van der Waals surface area contributed by atoms with E-state index in [1.807, 2.05) is 6.07 Å². The van der Waals surface area contributed by atoms with E-state index in [2.05, 4.69) is 52.1 Å². The summed E-state index contributed by atoms with van der Waals surface area (Å²) in [5.41, 5.74) is 2.61. The number of ether oxygens (including phenoxy) is 1. The Balaban J connectivity index is 2.64. The Morgan fingerprint density at radius 1 is 1.30 bits per heavy atom. The highest BCUT2D eigenvalue weighted by molar-refractivity contribution is 5.38. The van der Waals surface area contributed by atoms with E-state index >= 15 is 0 Å². The maximum atomic E-state index is 9.31. The first-order valence-electron chi connectivity index (χ1n) is 7.46. The zero-order valence-electron chi connectivity index (χ0n) is 13.5. The minimum Gasteiger partial charge on any atom is -0.492 e. The fraction of sp³-hybridized carbons (Fsp3) is 0.647. The third kappa shape index (κ3) is 5.14. The van der Waals surface area contributed by atoms with Crippen molar-refractivity contribution in [3.05, 3.63) is 29.3 Å². The molecule has 0 radical (unpaired) electrons. The van der Waals surface area contributed by atoms with Gasteiger partial charge in [0.2, 0.25) is 0 Å². The van der Waals surface area contributed by atoms with Crippen LogP contribution in [0.15, 0.2) is 18.2 Å². The number of aliphatic hydroxyl groups excluding tert-OH is 1. The van der Waals surface area contributed by atoms with Crippen molar-refractivity contribution >= 4 is 0 Å². The summed E-state index contributed by atoms with van der Waals surface area (Å²) in [6.07, 6.45) is 1.05. The third-order valence-electron chi connectivity index (χ3n) is 3.38. The van der Waals surface area contributed by atoms with Gasteiger partial charge in [-0.25, -0.2) is 0 Å². The molecule has 0 bridgehead atoms. The first-order chi connectivity index (χ1) is 9.38. The van der Waals surface area contributed by atoms with Gasteiger partial charge in [-0.3, -0.25) is 0 Å². The van der Waals surface area contributed by atoms with Crippen LogP contribution in [0.25, 0.3) is 0 Å². The van der Waals surface area contributed by atoms with Crippen LogP contribution in [0.5, 0.6) is 5.75 Å². The number of hydrogen-bond acceptors (Lipinski definition) is 3. The Kier molecular flexibility index (Phi) is 6.50. The van der Waals surface area contributed by atoms with Crippen molar-refractivity contribution in [3.63, 3.8) is 0 Å². The fourth-order valence-electron chi connectivity index (χ4n) is 1.99. The summed E-state index contributed by atoms with van der Waals surface area (Å²) < 4.78 is 5.83. The van der Waals surface area contributed by atoms with Crippen molar-refractivity contribution in [1.29, 1.82) is 0 Å². The highest BCUT2D eigenvalue weighted by atomic mass is 16.5. The minimum absolute atomic E-state index is 0.00311. The van der Waals surface area contributed by atoms with Gasteiger partial charge in [-0.1, -0.05) is 39.8 Å². The van der Waals surface area contributed by atoms with E-state index in [1.165, 1.54) is 5.56 Å². The summed E-state index contributed by atoms with van der Waals surface area (Å²) in [4.78, 5) is 0. The second-order valence-electron chi connectivity index (χ2n) is 6.37. The molecule has 0 fully saturated rings. The molecule has 0 heterocycles. The molecule has 0 spiro atoms. The van der Waals surface area contributed by atoms with E-state index in [-0.39, 0.29) is 18.1 Å². The Labute approximate surface area is 123 Å². The first-order valence-corrected chi connectivity index (χ1v) is 7.46. The van der Waals surface area contributed by atoms with Gasteiger partial charge in [-0.15, -0.1) is 0 Å². The van der Waals surface area contributed by atoms with Crippen LogP contribution in [-0.4, -0.2) is 30.9 Å². The van der Waals surface area contributed by atoms with E-state index in [0.29, 0.717) is 6.61 Å². The lowest BCUT2D eigenvalue weighted by Crippen LogP contribution is -2.38. The van der Waals surface area contributed by atoms with Gasteiger partial charge >= 0.3 is 0 Å². The van der Waals surface area contributed by atoms with Gasteiger partial charge in [-0.2, -0.15) is 0 Å². The van der Waals surface area contributed by atoms with Crippen LogP contribution in [-0.2, 0) is 5.41 Å². The molecule has 3 nitrogen and oxygen atoms in total. The monoisotopic (exact) mass is 279 g/mol. The quantitative estimate of drug-likeness (QED) is 0.806. The Morgan fingerprint density at radius 3 is 2.50 bits per heavy atom. The number of nitrogens with one attached hydrogen (secondary N) is 1. The molecule has 20 heavy (non-hydrogen) atoms. The van der Waals surface area contributed by atoms with E-state index in [0.717, 1.165) is 24.3 Å². The Morgan fingerprint density at radius 2 is 2.00 bits per heavy atom. The van der Waals surface area contributed by atoms with Gasteiger partial charge in [0.1, 0.15) is 12.4 Å². The summed E-state index contributed by atoms with van der Waals surface area (Å²) in [7, 11) is 0. The van der Waals surface area contributed by atoms with Gasteiger partial charge in [0.25, 0.3) is 0 Å². The van der Waals surface area contributed by atoms with Gasteiger partial charge < -0.3 is 15.2 Å². The minimum atomic E-state index is -0.00311. The summed E-state index contributed by atoms with van der Waals surface area (Å²) in [6.45, 7) is 12.3. The van der Waals surface area contributed by atoms with Gasteiger partial charge in [0, 0.05) is 0 Å². The summed E-state index contributed by atoms with van der Waals surface area (Å²) >= 11 is 0. The molecule has 0 aromatic heterocycles. The van der Waals surface area contributed by atoms with Crippen molar-refractivity contribution in [2.75, 3.05) is 19.8 Å². The Hall–Kier alpha value is -1.06. The highest BCUT2D eigenvalue weighted by Gasteiger charge is 2.15. The molecule has 3 heteroatoms. The highest BCUT2D eigenvalue weighted by Crippen LogP contribution is 2.27. The first kappa shape index (κ1) is 17.0. The molecule has 114 valence electrons. The average Bonchev–Trinajstić information content (AvgIpc) is 2.39. The molecule has 1 aromatic carbocycles. The molecule has 1 rings (SSSR count). The van der Waals surface area contributed by atoms with Crippen LogP contribution in [0.1, 0.15) is 45.2 Å². The van der Waals surface area contributed by atoms with Gasteiger partial charge in [0.15, 0.2) is 0 Å². The molecule has 0 aliphatic rings. The molecule has 0 aliphatic carbocycles. The average molecular weight is 279 g/mol. The van der Waals surface area contributed by atoms with Crippen molar-refractivity contribution in [3.8, 4) is 5.75 Å². The van der Waals surface area contributed by atoms with Crippen LogP contribution in [0.3, 0.4) is 0 Å². The summed E-state index contributed by atoms with van der Waals surface area (Å²) in [5.74, 6) is 0.898. The topological polar surface area (TPSA) is 41.5 Å². The predicted octanol–water partition coefficient (Wildman–Crippen LogP) is 3.03. The molecular formula is C17H29NO2. The summed E-state index contributed by atoms with van der Waals surface area (Å²) in [5, 5.41) is 12.6. The number of benzene rings is 1. The molecule has 0 amide bonds. The lowest BCUT2D eigenvalue weighted by molar-refractivity contribution is 0.183. The number of hydrogen-bond donors (Lipinski definition) is 2. The largest absolute Gasteiger partial charge is 0.492 e.